The lowest BCUT2D eigenvalue weighted by atomic mass is 10.1. The molecule has 0 amide bonds. The molecule has 0 spiro atoms. The number of hydrogen-bond donors (Lipinski definition) is 0. The highest BCUT2D eigenvalue weighted by Gasteiger charge is 2.30. The predicted octanol–water partition coefficient (Wildman–Crippen LogP) is 1.65. The van der Waals surface area contributed by atoms with Gasteiger partial charge in [-0.05, 0) is 12.1 Å². The molecular weight excluding hydrogens is 258 g/mol. The molecule has 1 aliphatic heterocycles. The Hall–Kier alpha value is -2.08. The van der Waals surface area contributed by atoms with Gasteiger partial charge >= 0.3 is 0 Å². The van der Waals surface area contributed by atoms with E-state index in [0.717, 1.165) is 24.6 Å². The number of likely N-dealkylation sites (tertiary alicyclic amines) is 1. The lowest BCUT2D eigenvalue weighted by molar-refractivity contribution is 0.00816. The van der Waals surface area contributed by atoms with Crippen LogP contribution in [0.5, 0.6) is 11.5 Å². The molecule has 0 unspecified atom stereocenters. The van der Waals surface area contributed by atoms with E-state index in [9.17, 15) is 0 Å². The second-order valence-electron chi connectivity index (χ2n) is 4.80. The van der Waals surface area contributed by atoms with Gasteiger partial charge in [0.15, 0.2) is 11.5 Å². The number of aryl methyl sites for hydroxylation is 1. The van der Waals surface area contributed by atoms with Crippen LogP contribution in [-0.2, 0) is 6.54 Å². The highest BCUT2D eigenvalue weighted by Crippen LogP contribution is 2.28. The van der Waals surface area contributed by atoms with Gasteiger partial charge in [0.05, 0.1) is 13.7 Å². The molecule has 1 aromatic carbocycles. The fraction of sp³-hybridized carbons (Fsp3) is 0.429. The van der Waals surface area contributed by atoms with Crippen LogP contribution < -0.4 is 9.47 Å². The van der Waals surface area contributed by atoms with Crippen LogP contribution in [0.25, 0.3) is 0 Å². The molecule has 1 saturated heterocycles. The molecule has 1 aromatic heterocycles. The van der Waals surface area contributed by atoms with E-state index in [1.54, 1.807) is 14.0 Å². The smallest absolute Gasteiger partial charge is 0.230 e. The second kappa shape index (κ2) is 5.50. The van der Waals surface area contributed by atoms with Gasteiger partial charge in [-0.15, -0.1) is 10.2 Å². The first-order valence-electron chi connectivity index (χ1n) is 6.55. The lowest BCUT2D eigenvalue weighted by Gasteiger charge is -2.38. The number of ether oxygens (including phenoxy) is 2. The molecule has 0 bridgehead atoms. The summed E-state index contributed by atoms with van der Waals surface area (Å²) in [5.41, 5.74) is 0. The quantitative estimate of drug-likeness (QED) is 0.827. The van der Waals surface area contributed by atoms with Crippen LogP contribution in [0.4, 0.5) is 0 Å². The van der Waals surface area contributed by atoms with Gasteiger partial charge < -0.3 is 13.9 Å². The van der Waals surface area contributed by atoms with Gasteiger partial charge in [0.25, 0.3) is 0 Å². The normalized spacial score (nSPS) is 15.9. The highest BCUT2D eigenvalue weighted by molar-refractivity contribution is 5.39. The molecule has 0 saturated carbocycles. The lowest BCUT2D eigenvalue weighted by Crippen LogP contribution is -2.53. The van der Waals surface area contributed by atoms with Crippen molar-refractivity contribution >= 4 is 0 Å². The minimum Gasteiger partial charge on any atom is -0.493 e. The standard InChI is InChI=1S/C14H17N3O3/c1-10-15-16-14(19-10)9-17-7-11(8-17)20-13-6-4-3-5-12(13)18-2/h3-6,11H,7-9H2,1-2H3. The number of para-hydroxylation sites is 2. The van der Waals surface area contributed by atoms with E-state index in [4.69, 9.17) is 13.9 Å². The molecule has 20 heavy (non-hydrogen) atoms. The summed E-state index contributed by atoms with van der Waals surface area (Å²) in [5.74, 6) is 2.80. The zero-order valence-electron chi connectivity index (χ0n) is 11.6. The van der Waals surface area contributed by atoms with Crippen LogP contribution >= 0.6 is 0 Å². The van der Waals surface area contributed by atoms with E-state index in [2.05, 4.69) is 15.1 Å². The maximum Gasteiger partial charge on any atom is 0.230 e. The van der Waals surface area contributed by atoms with Crippen LogP contribution in [0.3, 0.4) is 0 Å². The van der Waals surface area contributed by atoms with E-state index < -0.39 is 0 Å². The first-order chi connectivity index (χ1) is 9.74. The molecule has 0 atom stereocenters. The topological polar surface area (TPSA) is 60.6 Å². The summed E-state index contributed by atoms with van der Waals surface area (Å²) in [7, 11) is 1.65. The van der Waals surface area contributed by atoms with Crippen molar-refractivity contribution in [3.05, 3.63) is 36.0 Å². The number of hydrogen-bond acceptors (Lipinski definition) is 6. The fourth-order valence-corrected chi connectivity index (χ4v) is 2.21. The summed E-state index contributed by atoms with van der Waals surface area (Å²) in [6.45, 7) is 4.16. The maximum atomic E-state index is 5.91. The van der Waals surface area contributed by atoms with E-state index in [1.165, 1.54) is 0 Å². The number of nitrogens with zero attached hydrogens (tertiary/aromatic N) is 3. The zero-order chi connectivity index (χ0) is 13.9. The first kappa shape index (κ1) is 12.9. The SMILES string of the molecule is COc1ccccc1OC1CN(Cc2nnc(C)o2)C1. The van der Waals surface area contributed by atoms with Crippen LogP contribution in [0.2, 0.25) is 0 Å². The molecule has 3 rings (SSSR count). The van der Waals surface area contributed by atoms with Gasteiger partial charge in [0, 0.05) is 20.0 Å². The summed E-state index contributed by atoms with van der Waals surface area (Å²) < 4.78 is 16.5. The predicted molar refractivity (Wildman–Crippen MR) is 71.7 cm³/mol. The third-order valence-corrected chi connectivity index (χ3v) is 3.21. The minimum atomic E-state index is 0.176. The van der Waals surface area contributed by atoms with Crippen molar-refractivity contribution in [2.45, 2.75) is 19.6 Å². The van der Waals surface area contributed by atoms with Crippen LogP contribution in [0.1, 0.15) is 11.8 Å². The molecule has 0 aliphatic carbocycles. The molecule has 2 heterocycles. The van der Waals surface area contributed by atoms with Gasteiger partial charge in [0.2, 0.25) is 11.8 Å². The van der Waals surface area contributed by atoms with Gasteiger partial charge in [-0.3, -0.25) is 4.90 Å². The van der Waals surface area contributed by atoms with Gasteiger partial charge in [-0.2, -0.15) is 0 Å². The highest BCUT2D eigenvalue weighted by atomic mass is 16.5. The summed E-state index contributed by atoms with van der Waals surface area (Å²) in [6.07, 6.45) is 0.176. The summed E-state index contributed by atoms with van der Waals surface area (Å²) in [6, 6.07) is 7.68. The monoisotopic (exact) mass is 275 g/mol. The average Bonchev–Trinajstić information content (AvgIpc) is 2.82. The molecule has 0 radical (unpaired) electrons. The third kappa shape index (κ3) is 2.75. The van der Waals surface area contributed by atoms with Crippen LogP contribution in [0.15, 0.2) is 28.7 Å². The molecule has 1 fully saturated rings. The fourth-order valence-electron chi connectivity index (χ4n) is 2.21. The second-order valence-corrected chi connectivity index (χ2v) is 4.80. The Morgan fingerprint density at radius 3 is 2.65 bits per heavy atom. The minimum absolute atomic E-state index is 0.176. The van der Waals surface area contributed by atoms with E-state index >= 15 is 0 Å². The van der Waals surface area contributed by atoms with Crippen molar-refractivity contribution in [1.82, 2.24) is 15.1 Å². The average molecular weight is 275 g/mol. The van der Waals surface area contributed by atoms with Crippen molar-refractivity contribution in [2.75, 3.05) is 20.2 Å². The van der Waals surface area contributed by atoms with Gasteiger partial charge in [0.1, 0.15) is 6.10 Å². The molecule has 6 nitrogen and oxygen atoms in total. The Labute approximate surface area is 117 Å². The summed E-state index contributed by atoms with van der Waals surface area (Å²) >= 11 is 0. The Balaban J connectivity index is 1.51. The Kier molecular flexibility index (Phi) is 3.56. The molecule has 6 heteroatoms. The van der Waals surface area contributed by atoms with Crippen molar-refractivity contribution in [3.8, 4) is 11.5 Å². The third-order valence-electron chi connectivity index (χ3n) is 3.21. The first-order valence-corrected chi connectivity index (χ1v) is 6.55. The van der Waals surface area contributed by atoms with Crippen molar-refractivity contribution in [2.24, 2.45) is 0 Å². The molecule has 106 valence electrons. The Morgan fingerprint density at radius 1 is 1.25 bits per heavy atom. The maximum absolute atomic E-state index is 5.91. The van der Waals surface area contributed by atoms with Crippen LogP contribution in [0, 0.1) is 6.92 Å². The Bertz CT molecular complexity index is 579. The number of benzene rings is 1. The van der Waals surface area contributed by atoms with Crippen molar-refractivity contribution in [3.63, 3.8) is 0 Å². The number of rotatable bonds is 5. The van der Waals surface area contributed by atoms with Crippen molar-refractivity contribution in [1.29, 1.82) is 0 Å². The molecule has 0 N–H and O–H groups in total. The van der Waals surface area contributed by atoms with E-state index in [0.29, 0.717) is 18.3 Å². The summed E-state index contributed by atoms with van der Waals surface area (Å²) in [5, 5.41) is 7.80. The Morgan fingerprint density at radius 2 is 2.00 bits per heavy atom. The molecular formula is C14H17N3O3. The largest absolute Gasteiger partial charge is 0.493 e. The van der Waals surface area contributed by atoms with E-state index in [-0.39, 0.29) is 6.10 Å². The van der Waals surface area contributed by atoms with E-state index in [1.807, 2.05) is 24.3 Å². The van der Waals surface area contributed by atoms with Gasteiger partial charge in [-0.1, -0.05) is 12.1 Å². The zero-order valence-corrected chi connectivity index (χ0v) is 11.6. The molecule has 2 aromatic rings. The van der Waals surface area contributed by atoms with Gasteiger partial charge in [-0.25, -0.2) is 0 Å². The molecule has 1 aliphatic rings. The number of aromatic nitrogens is 2. The van der Waals surface area contributed by atoms with Crippen LogP contribution in [-0.4, -0.2) is 41.4 Å². The number of methoxy groups -OCH3 is 1. The summed E-state index contributed by atoms with van der Waals surface area (Å²) in [4.78, 5) is 2.20. The van der Waals surface area contributed by atoms with Crippen molar-refractivity contribution < 1.29 is 13.9 Å².